The van der Waals surface area contributed by atoms with Crippen molar-refractivity contribution in [2.75, 3.05) is 7.11 Å². The summed E-state index contributed by atoms with van der Waals surface area (Å²) in [5, 5.41) is 3.84. The summed E-state index contributed by atoms with van der Waals surface area (Å²) in [6, 6.07) is 9.58. The minimum absolute atomic E-state index is 0.0719. The smallest absolute Gasteiger partial charge is 0.224 e. The number of fused-ring (bicyclic) bond motifs is 2. The lowest BCUT2D eigenvalue weighted by atomic mass is 10.1. The average molecular weight is 349 g/mol. The fourth-order valence-corrected chi connectivity index (χ4v) is 3.04. The highest BCUT2D eigenvalue weighted by Gasteiger charge is 2.12. The molecule has 1 N–H and O–H groups in total. The number of hydrogen-bond acceptors (Lipinski definition) is 4. The van der Waals surface area contributed by atoms with Gasteiger partial charge in [0.2, 0.25) is 5.91 Å². The lowest BCUT2D eigenvalue weighted by Crippen LogP contribution is -2.24. The monoisotopic (exact) mass is 349 g/mol. The molecular formula is C20H19N3O3. The van der Waals surface area contributed by atoms with Crippen molar-refractivity contribution >= 4 is 22.5 Å². The quantitative estimate of drug-likeness (QED) is 0.600. The summed E-state index contributed by atoms with van der Waals surface area (Å²) < 4.78 is 12.7. The highest BCUT2D eigenvalue weighted by molar-refractivity contribution is 5.88. The first-order valence-corrected chi connectivity index (χ1v) is 8.38. The van der Waals surface area contributed by atoms with Crippen LogP contribution in [0.1, 0.15) is 16.8 Å². The number of amides is 1. The minimum atomic E-state index is -0.0719. The summed E-state index contributed by atoms with van der Waals surface area (Å²) in [5.41, 5.74) is 4.40. The van der Waals surface area contributed by atoms with Gasteiger partial charge in [0, 0.05) is 29.4 Å². The lowest BCUT2D eigenvalue weighted by Gasteiger charge is -2.02. The first-order valence-electron chi connectivity index (χ1n) is 8.38. The number of ether oxygens (including phenoxy) is 1. The molecule has 3 heterocycles. The number of aryl methyl sites for hydroxylation is 1. The lowest BCUT2D eigenvalue weighted by molar-refractivity contribution is -0.120. The van der Waals surface area contributed by atoms with Crippen LogP contribution in [0.25, 0.3) is 16.6 Å². The number of nitrogens with one attached hydrogen (secondary N) is 1. The number of hydrogen-bond donors (Lipinski definition) is 1. The normalized spacial score (nSPS) is 11.2. The van der Waals surface area contributed by atoms with Crippen LogP contribution >= 0.6 is 0 Å². The van der Waals surface area contributed by atoms with Crippen LogP contribution < -0.4 is 10.1 Å². The molecule has 0 aliphatic heterocycles. The van der Waals surface area contributed by atoms with Crippen LogP contribution in [0.2, 0.25) is 0 Å². The van der Waals surface area contributed by atoms with E-state index in [9.17, 15) is 4.79 Å². The second kappa shape index (κ2) is 6.55. The highest BCUT2D eigenvalue weighted by Crippen LogP contribution is 2.25. The molecule has 3 aromatic heterocycles. The van der Waals surface area contributed by atoms with Gasteiger partial charge in [-0.1, -0.05) is 6.07 Å². The third-order valence-corrected chi connectivity index (χ3v) is 4.41. The van der Waals surface area contributed by atoms with Crippen LogP contribution in [-0.4, -0.2) is 22.4 Å². The number of methoxy groups -OCH3 is 1. The first kappa shape index (κ1) is 16.2. The van der Waals surface area contributed by atoms with Gasteiger partial charge in [0.15, 0.2) is 0 Å². The zero-order valence-electron chi connectivity index (χ0n) is 14.7. The largest absolute Gasteiger partial charge is 0.497 e. The second-order valence-corrected chi connectivity index (χ2v) is 6.23. The molecule has 0 unspecified atom stereocenters. The molecule has 0 atom stereocenters. The number of benzene rings is 1. The Bertz CT molecular complexity index is 1090. The van der Waals surface area contributed by atoms with Crippen LogP contribution in [0.4, 0.5) is 0 Å². The van der Waals surface area contributed by atoms with Gasteiger partial charge in [0.1, 0.15) is 17.0 Å². The van der Waals surface area contributed by atoms with E-state index in [2.05, 4.69) is 10.3 Å². The van der Waals surface area contributed by atoms with Crippen LogP contribution in [0.5, 0.6) is 5.75 Å². The Balaban J connectivity index is 1.44. The van der Waals surface area contributed by atoms with Crippen LogP contribution in [0, 0.1) is 6.92 Å². The van der Waals surface area contributed by atoms with Gasteiger partial charge in [0.25, 0.3) is 0 Å². The molecule has 1 amide bonds. The molecule has 4 aromatic rings. The van der Waals surface area contributed by atoms with E-state index in [4.69, 9.17) is 9.15 Å². The molecule has 26 heavy (non-hydrogen) atoms. The molecular weight excluding hydrogens is 330 g/mol. The maximum atomic E-state index is 12.3. The Kier molecular flexibility index (Phi) is 4.08. The molecule has 4 rings (SSSR count). The summed E-state index contributed by atoms with van der Waals surface area (Å²) >= 11 is 0. The van der Waals surface area contributed by atoms with Crippen molar-refractivity contribution in [3.8, 4) is 5.75 Å². The maximum Gasteiger partial charge on any atom is 0.224 e. The van der Waals surface area contributed by atoms with Crippen LogP contribution in [-0.2, 0) is 17.8 Å². The van der Waals surface area contributed by atoms with E-state index >= 15 is 0 Å². The average Bonchev–Trinajstić information content (AvgIpc) is 3.24. The fraction of sp³-hybridized carbons (Fsp3) is 0.200. The van der Waals surface area contributed by atoms with Gasteiger partial charge in [-0.2, -0.15) is 0 Å². The second-order valence-electron chi connectivity index (χ2n) is 6.23. The summed E-state index contributed by atoms with van der Waals surface area (Å²) in [6.45, 7) is 2.41. The molecule has 0 saturated heterocycles. The third-order valence-electron chi connectivity index (χ3n) is 4.41. The molecule has 0 aliphatic rings. The fourth-order valence-electron chi connectivity index (χ4n) is 3.04. The van der Waals surface area contributed by atoms with Crippen molar-refractivity contribution in [2.24, 2.45) is 0 Å². The number of aromatic nitrogens is 2. The zero-order chi connectivity index (χ0) is 18.1. The van der Waals surface area contributed by atoms with Crippen molar-refractivity contribution in [1.29, 1.82) is 0 Å². The maximum absolute atomic E-state index is 12.3. The number of pyridine rings is 1. The summed E-state index contributed by atoms with van der Waals surface area (Å²) in [4.78, 5) is 16.9. The van der Waals surface area contributed by atoms with E-state index in [0.29, 0.717) is 12.1 Å². The molecule has 0 spiro atoms. The summed E-state index contributed by atoms with van der Waals surface area (Å²) in [6.07, 6.45) is 5.76. The van der Waals surface area contributed by atoms with Gasteiger partial charge < -0.3 is 18.9 Å². The zero-order valence-corrected chi connectivity index (χ0v) is 14.7. The molecule has 0 fully saturated rings. The Morgan fingerprint density at radius 1 is 1.35 bits per heavy atom. The third kappa shape index (κ3) is 3.01. The SMILES string of the molecule is COc1ccc2c(CC(=O)NCc3cn4cccc(C)c4n3)coc2c1. The predicted octanol–water partition coefficient (Wildman–Crippen LogP) is 3.26. The van der Waals surface area contributed by atoms with Gasteiger partial charge in [-0.05, 0) is 30.7 Å². The van der Waals surface area contributed by atoms with E-state index in [-0.39, 0.29) is 12.3 Å². The first-order chi connectivity index (χ1) is 12.6. The number of rotatable bonds is 5. The van der Waals surface area contributed by atoms with E-state index in [1.165, 1.54) is 0 Å². The van der Waals surface area contributed by atoms with Crippen LogP contribution in [0.15, 0.2) is 53.4 Å². The molecule has 0 saturated carbocycles. The van der Waals surface area contributed by atoms with Crippen molar-refractivity contribution < 1.29 is 13.9 Å². The van der Waals surface area contributed by atoms with E-state index in [1.54, 1.807) is 13.4 Å². The summed E-state index contributed by atoms with van der Waals surface area (Å²) in [7, 11) is 1.61. The van der Waals surface area contributed by atoms with Gasteiger partial charge in [-0.3, -0.25) is 4.79 Å². The topological polar surface area (TPSA) is 68.8 Å². The van der Waals surface area contributed by atoms with Gasteiger partial charge in [-0.25, -0.2) is 4.98 Å². The van der Waals surface area contributed by atoms with Crippen molar-refractivity contribution in [3.05, 3.63) is 65.8 Å². The Hall–Kier alpha value is -3.28. The van der Waals surface area contributed by atoms with Gasteiger partial charge in [0.05, 0.1) is 32.0 Å². The molecule has 0 radical (unpaired) electrons. The molecule has 0 bridgehead atoms. The van der Waals surface area contributed by atoms with E-state index in [1.807, 2.05) is 54.0 Å². The number of carbonyl (C=O) groups is 1. The van der Waals surface area contributed by atoms with Gasteiger partial charge in [-0.15, -0.1) is 0 Å². The number of furan rings is 1. The number of imidazole rings is 1. The number of nitrogens with zero attached hydrogens (tertiary/aromatic N) is 2. The van der Waals surface area contributed by atoms with Crippen LogP contribution in [0.3, 0.4) is 0 Å². The molecule has 1 aromatic carbocycles. The molecule has 0 aliphatic carbocycles. The Morgan fingerprint density at radius 2 is 2.23 bits per heavy atom. The van der Waals surface area contributed by atoms with E-state index in [0.717, 1.165) is 33.6 Å². The Labute approximate surface area is 150 Å². The standard InChI is InChI=1S/C20H19N3O3/c1-13-4-3-7-23-11-15(22-20(13)23)10-21-19(24)8-14-12-26-18-9-16(25-2)5-6-17(14)18/h3-7,9,11-12H,8,10H2,1-2H3,(H,21,24). The number of carbonyl (C=O) groups excluding carboxylic acids is 1. The minimum Gasteiger partial charge on any atom is -0.497 e. The molecule has 132 valence electrons. The van der Waals surface area contributed by atoms with Crippen molar-refractivity contribution in [1.82, 2.24) is 14.7 Å². The van der Waals surface area contributed by atoms with Crippen molar-refractivity contribution in [3.63, 3.8) is 0 Å². The summed E-state index contributed by atoms with van der Waals surface area (Å²) in [5.74, 6) is 0.655. The van der Waals surface area contributed by atoms with E-state index < -0.39 is 0 Å². The van der Waals surface area contributed by atoms with Gasteiger partial charge >= 0.3 is 0 Å². The predicted molar refractivity (Wildman–Crippen MR) is 98.2 cm³/mol. The van der Waals surface area contributed by atoms with Crippen molar-refractivity contribution in [2.45, 2.75) is 19.9 Å². The Morgan fingerprint density at radius 3 is 3.04 bits per heavy atom. The highest BCUT2D eigenvalue weighted by atomic mass is 16.5. The molecule has 6 heteroatoms. The molecule has 6 nitrogen and oxygen atoms in total.